The molecule has 1 aromatic heterocycles. The first kappa shape index (κ1) is 20.4. The number of likely N-dealkylation sites (N-methyl/N-ethyl adjacent to an activating group) is 1. The molecule has 1 aromatic rings. The van der Waals surface area contributed by atoms with Gasteiger partial charge < -0.3 is 19.9 Å². The van der Waals surface area contributed by atoms with Crippen LogP contribution in [0.2, 0.25) is 0 Å². The molecule has 0 bridgehead atoms. The lowest BCUT2D eigenvalue weighted by molar-refractivity contribution is -0.141. The van der Waals surface area contributed by atoms with E-state index in [2.05, 4.69) is 10.3 Å². The zero-order valence-electron chi connectivity index (χ0n) is 14.8. The van der Waals surface area contributed by atoms with Gasteiger partial charge in [0.15, 0.2) is 0 Å². The van der Waals surface area contributed by atoms with E-state index >= 15 is 0 Å². The second-order valence-corrected chi connectivity index (χ2v) is 6.31. The number of amides is 1. The maximum Gasteiger partial charge on any atom is 0.433 e. The summed E-state index contributed by atoms with van der Waals surface area (Å²) < 4.78 is 49.0. The van der Waals surface area contributed by atoms with E-state index in [-0.39, 0.29) is 37.1 Å². The number of aliphatic hydroxyl groups excluding tert-OH is 1. The van der Waals surface area contributed by atoms with Crippen molar-refractivity contribution in [3.05, 3.63) is 23.5 Å². The van der Waals surface area contributed by atoms with Crippen molar-refractivity contribution in [3.63, 3.8) is 0 Å². The molecule has 7 nitrogen and oxygen atoms in total. The van der Waals surface area contributed by atoms with Crippen LogP contribution in [0.4, 0.5) is 13.2 Å². The maximum atomic E-state index is 12.9. The molecule has 1 amide bonds. The fourth-order valence-corrected chi connectivity index (χ4v) is 2.77. The van der Waals surface area contributed by atoms with Crippen molar-refractivity contribution in [3.8, 4) is 5.75 Å². The number of morpholine rings is 1. The number of hydrogen-bond acceptors (Lipinski definition) is 6. The molecule has 0 saturated carbocycles. The molecule has 1 aliphatic rings. The summed E-state index contributed by atoms with van der Waals surface area (Å²) in [4.78, 5) is 17.6. The van der Waals surface area contributed by atoms with Crippen molar-refractivity contribution in [1.29, 1.82) is 0 Å². The Bertz CT molecular complexity index is 656. The molecule has 0 spiro atoms. The van der Waals surface area contributed by atoms with E-state index < -0.39 is 23.3 Å². The highest BCUT2D eigenvalue weighted by atomic mass is 19.4. The van der Waals surface area contributed by atoms with Gasteiger partial charge in [-0.15, -0.1) is 0 Å². The number of carbonyl (C=O) groups excluding carboxylic acids is 1. The second-order valence-electron chi connectivity index (χ2n) is 6.31. The molecular weight excluding hydrogens is 355 g/mol. The highest BCUT2D eigenvalue weighted by Crippen LogP contribution is 2.30. The van der Waals surface area contributed by atoms with Crippen molar-refractivity contribution in [1.82, 2.24) is 15.2 Å². The smallest absolute Gasteiger partial charge is 0.433 e. The Morgan fingerprint density at radius 1 is 1.58 bits per heavy atom. The Morgan fingerprint density at radius 3 is 2.85 bits per heavy atom. The number of rotatable bonds is 5. The van der Waals surface area contributed by atoms with Gasteiger partial charge in [0.05, 0.1) is 44.2 Å². The first-order chi connectivity index (χ1) is 12.1. The number of halogens is 3. The number of hydrogen-bond donors (Lipinski definition) is 2. The van der Waals surface area contributed by atoms with Gasteiger partial charge >= 0.3 is 6.18 Å². The molecule has 0 unspecified atom stereocenters. The quantitative estimate of drug-likeness (QED) is 0.794. The lowest BCUT2D eigenvalue weighted by Crippen LogP contribution is -2.65. The van der Waals surface area contributed by atoms with E-state index in [1.165, 1.54) is 7.11 Å². The number of aliphatic hydroxyl groups is 1. The number of alkyl halides is 3. The zero-order chi connectivity index (χ0) is 19.5. The molecule has 10 heteroatoms. The van der Waals surface area contributed by atoms with Crippen LogP contribution < -0.4 is 10.1 Å². The van der Waals surface area contributed by atoms with Crippen molar-refractivity contribution < 1.29 is 32.5 Å². The van der Waals surface area contributed by atoms with Crippen LogP contribution in [0.1, 0.15) is 23.0 Å². The Balaban J connectivity index is 2.21. The Kier molecular flexibility index (Phi) is 6.09. The van der Waals surface area contributed by atoms with E-state index in [1.54, 1.807) is 7.05 Å². The number of carbonyl (C=O) groups is 1. The van der Waals surface area contributed by atoms with Crippen LogP contribution in [-0.2, 0) is 10.9 Å². The molecule has 2 rings (SSSR count). The molecular formula is C16H22F3N3O4. The first-order valence-electron chi connectivity index (χ1n) is 7.95. The Morgan fingerprint density at radius 2 is 2.27 bits per heavy atom. The summed E-state index contributed by atoms with van der Waals surface area (Å²) in [7, 11) is 3.03. The van der Waals surface area contributed by atoms with Crippen molar-refractivity contribution in [2.75, 3.05) is 40.5 Å². The standard InChI is InChI=1S/C16H22F3N3O4/c1-10-6-26-9-15(8-23,22(10)2)7-21-14(24)11-4-13(16(17,18)19)20-5-12(11)25-3/h4-5,10,23H,6-9H2,1-3H3,(H,21,24)/t10-,15+/m1/s1. The highest BCUT2D eigenvalue weighted by molar-refractivity contribution is 5.97. The first-order valence-corrected chi connectivity index (χ1v) is 7.95. The van der Waals surface area contributed by atoms with Crippen LogP contribution in [0.5, 0.6) is 5.75 Å². The molecule has 0 radical (unpaired) electrons. The zero-order valence-corrected chi connectivity index (χ0v) is 14.8. The summed E-state index contributed by atoms with van der Waals surface area (Å²) in [5, 5.41) is 12.4. The van der Waals surface area contributed by atoms with E-state index in [9.17, 15) is 23.1 Å². The summed E-state index contributed by atoms with van der Waals surface area (Å²) in [6.45, 7) is 2.30. The van der Waals surface area contributed by atoms with E-state index in [1.807, 2.05) is 11.8 Å². The van der Waals surface area contributed by atoms with E-state index in [0.29, 0.717) is 12.7 Å². The lowest BCUT2D eigenvalue weighted by Gasteiger charge is -2.47. The third kappa shape index (κ3) is 4.08. The fourth-order valence-electron chi connectivity index (χ4n) is 2.77. The molecule has 1 aliphatic heterocycles. The minimum absolute atomic E-state index is 0.00397. The lowest BCUT2D eigenvalue weighted by atomic mass is 9.96. The number of pyridine rings is 1. The third-order valence-corrected chi connectivity index (χ3v) is 4.63. The topological polar surface area (TPSA) is 83.9 Å². The van der Waals surface area contributed by atoms with Gasteiger partial charge in [0.2, 0.25) is 0 Å². The summed E-state index contributed by atoms with van der Waals surface area (Å²) in [5.74, 6) is -0.829. The maximum absolute atomic E-state index is 12.9. The van der Waals surface area contributed by atoms with Gasteiger partial charge in [-0.05, 0) is 20.0 Å². The van der Waals surface area contributed by atoms with Gasteiger partial charge in [-0.3, -0.25) is 9.69 Å². The average molecular weight is 377 g/mol. The van der Waals surface area contributed by atoms with Gasteiger partial charge in [-0.2, -0.15) is 13.2 Å². The summed E-state index contributed by atoms with van der Waals surface area (Å²) in [6.07, 6.45) is -3.82. The number of nitrogens with one attached hydrogen (secondary N) is 1. The predicted octanol–water partition coefficient (Wildman–Crippen LogP) is 0.920. The van der Waals surface area contributed by atoms with E-state index in [4.69, 9.17) is 9.47 Å². The van der Waals surface area contributed by atoms with Gasteiger partial charge in [-0.1, -0.05) is 0 Å². The SMILES string of the molecule is COc1cnc(C(F)(F)F)cc1C(=O)NC[C@]1(CO)COC[C@@H](C)N1C. The molecule has 0 aliphatic carbocycles. The molecule has 2 heterocycles. The molecule has 146 valence electrons. The van der Waals surface area contributed by atoms with Gasteiger partial charge in [-0.25, -0.2) is 4.98 Å². The molecule has 2 N–H and O–H groups in total. The largest absolute Gasteiger partial charge is 0.494 e. The van der Waals surface area contributed by atoms with Crippen LogP contribution in [-0.4, -0.2) is 73.0 Å². The highest BCUT2D eigenvalue weighted by Gasteiger charge is 2.41. The summed E-state index contributed by atoms with van der Waals surface area (Å²) >= 11 is 0. The van der Waals surface area contributed by atoms with Gasteiger partial charge in [0, 0.05) is 12.6 Å². The number of aromatic nitrogens is 1. The average Bonchev–Trinajstić information content (AvgIpc) is 2.61. The van der Waals surface area contributed by atoms with Crippen LogP contribution in [0.3, 0.4) is 0 Å². The minimum Gasteiger partial charge on any atom is -0.494 e. The molecule has 26 heavy (non-hydrogen) atoms. The molecule has 1 fully saturated rings. The van der Waals surface area contributed by atoms with Crippen LogP contribution in [0.25, 0.3) is 0 Å². The minimum atomic E-state index is -4.68. The van der Waals surface area contributed by atoms with Crippen LogP contribution in [0, 0.1) is 0 Å². The molecule has 2 atom stereocenters. The predicted molar refractivity (Wildman–Crippen MR) is 86.0 cm³/mol. The number of ether oxygens (including phenoxy) is 2. The fraction of sp³-hybridized carbons (Fsp3) is 0.625. The van der Waals surface area contributed by atoms with Crippen molar-refractivity contribution in [2.45, 2.75) is 24.7 Å². The third-order valence-electron chi connectivity index (χ3n) is 4.63. The van der Waals surface area contributed by atoms with Gasteiger partial charge in [0.25, 0.3) is 5.91 Å². The summed E-state index contributed by atoms with van der Waals surface area (Å²) in [6, 6.07) is 0.656. The van der Waals surface area contributed by atoms with Crippen LogP contribution >= 0.6 is 0 Å². The van der Waals surface area contributed by atoms with E-state index in [0.717, 1.165) is 6.20 Å². The molecule has 0 aromatic carbocycles. The Labute approximate surface area is 149 Å². The van der Waals surface area contributed by atoms with Crippen molar-refractivity contribution >= 4 is 5.91 Å². The summed E-state index contributed by atoms with van der Waals surface area (Å²) in [5.41, 5.74) is -2.33. The van der Waals surface area contributed by atoms with Gasteiger partial charge in [0.1, 0.15) is 11.4 Å². The normalized spacial score (nSPS) is 24.3. The second kappa shape index (κ2) is 7.77. The monoisotopic (exact) mass is 377 g/mol. The number of methoxy groups -OCH3 is 1. The van der Waals surface area contributed by atoms with Crippen LogP contribution in [0.15, 0.2) is 12.3 Å². The molecule has 1 saturated heterocycles. The number of nitrogens with zero attached hydrogens (tertiary/aromatic N) is 2. The Hall–Kier alpha value is -1.91. The van der Waals surface area contributed by atoms with Crippen molar-refractivity contribution in [2.24, 2.45) is 0 Å².